The second-order valence-electron chi connectivity index (χ2n) is 7.03. The third-order valence-corrected chi connectivity index (χ3v) is 15.9. The molecule has 2 rings (SSSR count). The number of aryl methyl sites for hydroxylation is 3. The summed E-state index contributed by atoms with van der Waals surface area (Å²) in [7, 11) is 0. The van der Waals surface area contributed by atoms with Crippen molar-refractivity contribution in [1.29, 1.82) is 0 Å². The zero-order valence-corrected chi connectivity index (χ0v) is 20.8. The van der Waals surface area contributed by atoms with E-state index in [0.29, 0.717) is 0 Å². The van der Waals surface area contributed by atoms with Crippen LogP contribution in [0.2, 0.25) is 14.8 Å². The Labute approximate surface area is 163 Å². The van der Waals surface area contributed by atoms with E-state index in [1.54, 1.807) is 18.9 Å². The fourth-order valence-electron chi connectivity index (χ4n) is 3.04. The van der Waals surface area contributed by atoms with Crippen molar-refractivity contribution in [2.24, 2.45) is 0 Å². The number of thiophene rings is 2. The second kappa shape index (κ2) is 11.0. The van der Waals surface area contributed by atoms with Gasteiger partial charge in [-0.05, 0) is 34.7 Å². The van der Waals surface area contributed by atoms with Gasteiger partial charge in [0.15, 0.2) is 0 Å². The van der Waals surface area contributed by atoms with E-state index >= 15 is 0 Å². The van der Waals surface area contributed by atoms with E-state index in [0.717, 1.165) is 0 Å². The fourth-order valence-corrected chi connectivity index (χ4v) is 12.9. The summed E-state index contributed by atoms with van der Waals surface area (Å²) >= 11 is 2.07. The van der Waals surface area contributed by atoms with Crippen LogP contribution in [0.15, 0.2) is 10.8 Å². The molecule has 0 N–H and O–H groups in total. The Balaban J connectivity index is 0.000000460. The number of hydrogen-bond donors (Lipinski definition) is 0. The van der Waals surface area contributed by atoms with E-state index in [1.165, 1.54) is 36.8 Å². The maximum atomic E-state index is 2.53. The van der Waals surface area contributed by atoms with Gasteiger partial charge in [0.05, 0.1) is 0 Å². The minimum absolute atomic E-state index is 0. The van der Waals surface area contributed by atoms with Crippen molar-refractivity contribution in [3.63, 3.8) is 0 Å². The summed E-state index contributed by atoms with van der Waals surface area (Å²) in [6, 6.07) is 0. The van der Waals surface area contributed by atoms with Gasteiger partial charge in [-0.15, -0.1) is 0 Å². The van der Waals surface area contributed by atoms with Crippen LogP contribution in [0.3, 0.4) is 0 Å². The number of hydrogen-bond acceptors (Lipinski definition) is 2. The Morgan fingerprint density at radius 2 is 1.25 bits per heavy atom. The van der Waals surface area contributed by atoms with E-state index in [2.05, 4.69) is 71.5 Å². The van der Waals surface area contributed by atoms with Gasteiger partial charge in [-0.25, -0.2) is 0 Å². The van der Waals surface area contributed by atoms with Crippen LogP contribution >= 0.6 is 22.7 Å². The van der Waals surface area contributed by atoms with Crippen molar-refractivity contribution in [2.45, 2.75) is 82.5 Å². The van der Waals surface area contributed by atoms with Gasteiger partial charge in [0.1, 0.15) is 0 Å². The summed E-state index contributed by atoms with van der Waals surface area (Å²) in [5.74, 6) is 0. The van der Waals surface area contributed by atoms with Crippen LogP contribution < -0.4 is 2.89 Å². The molecule has 0 spiro atoms. The van der Waals surface area contributed by atoms with Crippen LogP contribution in [0.5, 0.6) is 0 Å². The van der Waals surface area contributed by atoms with Crippen LogP contribution in [-0.4, -0.2) is 18.4 Å². The average molecular weight is 473 g/mol. The first kappa shape index (κ1) is 24.2. The minimum Gasteiger partial charge on any atom is -0.152 e. The van der Waals surface area contributed by atoms with Gasteiger partial charge in [0.25, 0.3) is 0 Å². The first-order valence-corrected chi connectivity index (χ1v) is 20.7. The standard InChI is InChI=1S/C9H13S.C8H12S.CH4.3CH3.Sn/c1-4-8-6-10-7(3)9(8)5-2;1-3-7-5-9-6-8(7)4-2;;;;;/h4-5H2,1-3H3;5-6H,3-4H2,1-2H3;1H4;3*1H3;. The van der Waals surface area contributed by atoms with Crippen LogP contribution in [0.1, 0.15) is 62.3 Å². The molecule has 2 heterocycles. The largest absolute Gasteiger partial charge is 0.152 e. The van der Waals surface area contributed by atoms with Crippen molar-refractivity contribution in [3.8, 4) is 0 Å². The van der Waals surface area contributed by atoms with Gasteiger partial charge in [-0.3, -0.25) is 0 Å². The SMILES string of the molecule is C.CCc1c(C)s[c]([Sn]([CH3])([CH3])[CH3])c1CC.CCc1cscc1CC. The molecule has 0 bridgehead atoms. The summed E-state index contributed by atoms with van der Waals surface area (Å²) in [5.41, 5.74) is 6.42. The first-order chi connectivity index (χ1) is 10.8. The molecule has 0 unspecified atom stereocenters. The van der Waals surface area contributed by atoms with Crippen molar-refractivity contribution in [3.05, 3.63) is 37.9 Å². The molecule has 0 aliphatic heterocycles. The maximum Gasteiger partial charge on any atom is -0.00585 e. The molecule has 0 atom stereocenters. The van der Waals surface area contributed by atoms with E-state index in [9.17, 15) is 0 Å². The van der Waals surface area contributed by atoms with Gasteiger partial charge in [0.2, 0.25) is 0 Å². The molecular formula is C21H38S2Sn. The first-order valence-electron chi connectivity index (χ1n) is 8.95. The second-order valence-corrected chi connectivity index (χ2v) is 24.3. The molecular weight excluding hydrogens is 435 g/mol. The Morgan fingerprint density at radius 1 is 0.792 bits per heavy atom. The van der Waals surface area contributed by atoms with Crippen LogP contribution in [-0.2, 0) is 25.7 Å². The average Bonchev–Trinajstić information content (AvgIpc) is 3.09. The molecule has 3 heteroatoms. The monoisotopic (exact) mass is 474 g/mol. The maximum absolute atomic E-state index is 2.53. The summed E-state index contributed by atoms with van der Waals surface area (Å²) in [6.45, 7) is 11.3. The fraction of sp³-hybridized carbons (Fsp3) is 0.619. The molecule has 0 saturated heterocycles. The number of rotatable bonds is 5. The minimum atomic E-state index is -1.83. The van der Waals surface area contributed by atoms with Crippen molar-refractivity contribution in [2.75, 3.05) is 0 Å². The third kappa shape index (κ3) is 6.17. The summed E-state index contributed by atoms with van der Waals surface area (Å²) in [6.07, 6.45) is 4.82. The molecule has 0 nitrogen and oxygen atoms in total. The normalized spacial score (nSPS) is 10.8. The van der Waals surface area contributed by atoms with Gasteiger partial charge >= 0.3 is 97.0 Å². The van der Waals surface area contributed by atoms with Crippen molar-refractivity contribution < 1.29 is 0 Å². The summed E-state index contributed by atoms with van der Waals surface area (Å²) in [4.78, 5) is 9.15. The van der Waals surface area contributed by atoms with E-state index in [1.807, 2.05) is 11.3 Å². The molecule has 0 aromatic carbocycles. The molecule has 138 valence electrons. The molecule has 24 heavy (non-hydrogen) atoms. The van der Waals surface area contributed by atoms with E-state index in [-0.39, 0.29) is 7.43 Å². The van der Waals surface area contributed by atoms with Crippen LogP contribution in [0.4, 0.5) is 0 Å². The summed E-state index contributed by atoms with van der Waals surface area (Å²) in [5, 5.41) is 4.50. The smallest absolute Gasteiger partial charge is 0.00585 e. The Kier molecular flexibility index (Phi) is 11.1. The van der Waals surface area contributed by atoms with Gasteiger partial charge in [0, 0.05) is 0 Å². The van der Waals surface area contributed by atoms with Gasteiger partial charge in [-0.1, -0.05) is 21.3 Å². The predicted octanol–water partition coefficient (Wildman–Crippen LogP) is 7.24. The zero-order chi connectivity index (χ0) is 17.6. The van der Waals surface area contributed by atoms with Crippen LogP contribution in [0.25, 0.3) is 0 Å². The molecule has 0 aliphatic rings. The quantitative estimate of drug-likeness (QED) is 0.402. The van der Waals surface area contributed by atoms with Gasteiger partial charge < -0.3 is 0 Å². The molecule has 0 saturated carbocycles. The Hall–Kier alpha value is 0.199. The van der Waals surface area contributed by atoms with Crippen LogP contribution in [0, 0.1) is 6.92 Å². The molecule has 0 radical (unpaired) electrons. The molecule has 2 aromatic rings. The Bertz CT molecular complexity index is 581. The Morgan fingerprint density at radius 3 is 1.58 bits per heavy atom. The predicted molar refractivity (Wildman–Crippen MR) is 121 cm³/mol. The van der Waals surface area contributed by atoms with Gasteiger partial charge in [-0.2, -0.15) is 11.3 Å². The van der Waals surface area contributed by atoms with Crippen molar-refractivity contribution in [1.82, 2.24) is 0 Å². The molecule has 0 fully saturated rings. The summed E-state index contributed by atoms with van der Waals surface area (Å²) < 4.78 is 1.80. The van der Waals surface area contributed by atoms with Crippen molar-refractivity contribution >= 4 is 43.9 Å². The molecule has 0 aliphatic carbocycles. The zero-order valence-electron chi connectivity index (χ0n) is 16.3. The molecule has 0 amide bonds. The van der Waals surface area contributed by atoms with E-state index in [4.69, 9.17) is 0 Å². The third-order valence-electron chi connectivity index (χ3n) is 4.30. The van der Waals surface area contributed by atoms with E-state index < -0.39 is 18.4 Å². The topological polar surface area (TPSA) is 0 Å². The molecule has 2 aromatic heterocycles.